The van der Waals surface area contributed by atoms with Crippen LogP contribution in [0.5, 0.6) is 0 Å². The summed E-state index contributed by atoms with van der Waals surface area (Å²) in [5.41, 5.74) is 3.02. The minimum Gasteiger partial charge on any atom is -0.306 e. The van der Waals surface area contributed by atoms with Gasteiger partial charge in [0.2, 0.25) is 0 Å². The molecule has 0 saturated heterocycles. The van der Waals surface area contributed by atoms with E-state index in [4.69, 9.17) is 11.6 Å². The molecular weight excluding hydrogens is 263 g/mol. The number of nitrogens with one attached hydrogen (secondary N) is 1. The van der Waals surface area contributed by atoms with Gasteiger partial charge in [-0.3, -0.25) is 4.98 Å². The van der Waals surface area contributed by atoms with E-state index in [0.717, 1.165) is 23.2 Å². The fourth-order valence-electron chi connectivity index (χ4n) is 2.08. The summed E-state index contributed by atoms with van der Waals surface area (Å²) in [6.45, 7) is 4.82. The maximum atomic E-state index is 13.6. The van der Waals surface area contributed by atoms with Crippen molar-refractivity contribution < 1.29 is 4.39 Å². The Balaban J connectivity index is 2.45. The molecule has 0 fully saturated rings. The van der Waals surface area contributed by atoms with Gasteiger partial charge in [0, 0.05) is 12.4 Å². The maximum absolute atomic E-state index is 13.6. The van der Waals surface area contributed by atoms with Gasteiger partial charge in [0.05, 0.1) is 11.1 Å². The van der Waals surface area contributed by atoms with Crippen LogP contribution in [0.3, 0.4) is 0 Å². The highest BCUT2D eigenvalue weighted by Crippen LogP contribution is 2.26. The highest BCUT2D eigenvalue weighted by atomic mass is 35.5. The van der Waals surface area contributed by atoms with Crippen LogP contribution in [0.1, 0.15) is 29.7 Å². The predicted octanol–water partition coefficient (Wildman–Crippen LogP) is 3.88. The van der Waals surface area contributed by atoms with Crippen LogP contribution >= 0.6 is 11.6 Å². The van der Waals surface area contributed by atoms with Gasteiger partial charge in [0.25, 0.3) is 0 Å². The molecule has 1 aromatic carbocycles. The number of hydrogen-bond donors (Lipinski definition) is 1. The van der Waals surface area contributed by atoms with Crippen molar-refractivity contribution in [2.45, 2.75) is 19.9 Å². The van der Waals surface area contributed by atoms with Gasteiger partial charge in [-0.05, 0) is 48.4 Å². The summed E-state index contributed by atoms with van der Waals surface area (Å²) in [6, 6.07) is 6.77. The first kappa shape index (κ1) is 14.0. The third-order valence-corrected chi connectivity index (χ3v) is 3.38. The van der Waals surface area contributed by atoms with Gasteiger partial charge < -0.3 is 5.32 Å². The molecule has 0 radical (unpaired) electrons. The third-order valence-electron chi connectivity index (χ3n) is 3.08. The summed E-state index contributed by atoms with van der Waals surface area (Å²) in [6.07, 6.45) is 3.57. The number of pyridine rings is 1. The van der Waals surface area contributed by atoms with Gasteiger partial charge in [-0.1, -0.05) is 24.6 Å². The fraction of sp³-hybridized carbons (Fsp3) is 0.267. The molecule has 1 unspecified atom stereocenters. The molecule has 0 amide bonds. The van der Waals surface area contributed by atoms with Gasteiger partial charge in [-0.15, -0.1) is 0 Å². The summed E-state index contributed by atoms with van der Waals surface area (Å²) in [5.74, 6) is -0.399. The Morgan fingerprint density at radius 1 is 1.37 bits per heavy atom. The van der Waals surface area contributed by atoms with Crippen molar-refractivity contribution in [1.29, 1.82) is 0 Å². The largest absolute Gasteiger partial charge is 0.306 e. The van der Waals surface area contributed by atoms with Gasteiger partial charge >= 0.3 is 0 Å². The Hall–Kier alpha value is -1.45. The highest BCUT2D eigenvalue weighted by molar-refractivity contribution is 6.30. The van der Waals surface area contributed by atoms with Crippen LogP contribution in [0.25, 0.3) is 0 Å². The molecule has 0 aliphatic carbocycles. The van der Waals surface area contributed by atoms with E-state index >= 15 is 0 Å². The minimum absolute atomic E-state index is 0.0783. The summed E-state index contributed by atoms with van der Waals surface area (Å²) >= 11 is 5.73. The van der Waals surface area contributed by atoms with Gasteiger partial charge in [0.1, 0.15) is 5.82 Å². The molecule has 2 nitrogen and oxygen atoms in total. The van der Waals surface area contributed by atoms with E-state index in [0.29, 0.717) is 0 Å². The van der Waals surface area contributed by atoms with Crippen molar-refractivity contribution in [3.05, 3.63) is 64.2 Å². The molecule has 0 bridgehead atoms. The average molecular weight is 279 g/mol. The molecule has 100 valence electrons. The topological polar surface area (TPSA) is 24.9 Å². The van der Waals surface area contributed by atoms with Crippen LogP contribution in [0, 0.1) is 12.7 Å². The van der Waals surface area contributed by atoms with Crippen LogP contribution in [0.2, 0.25) is 5.02 Å². The normalized spacial score (nSPS) is 12.4. The monoisotopic (exact) mass is 278 g/mol. The molecular formula is C15H16ClFN2. The molecule has 19 heavy (non-hydrogen) atoms. The Morgan fingerprint density at radius 3 is 2.79 bits per heavy atom. The molecule has 0 saturated carbocycles. The summed E-state index contributed by atoms with van der Waals surface area (Å²) < 4.78 is 13.6. The molecule has 1 heterocycles. The van der Waals surface area contributed by atoms with E-state index in [9.17, 15) is 4.39 Å². The lowest BCUT2D eigenvalue weighted by atomic mass is 9.96. The van der Waals surface area contributed by atoms with E-state index in [2.05, 4.69) is 10.3 Å². The number of nitrogens with zero attached hydrogens (tertiary/aromatic N) is 1. The molecule has 1 aromatic heterocycles. The van der Waals surface area contributed by atoms with Crippen molar-refractivity contribution in [1.82, 2.24) is 10.3 Å². The van der Waals surface area contributed by atoms with Crippen molar-refractivity contribution in [2.24, 2.45) is 0 Å². The predicted molar refractivity (Wildman–Crippen MR) is 75.9 cm³/mol. The Kier molecular flexibility index (Phi) is 4.51. The van der Waals surface area contributed by atoms with Crippen molar-refractivity contribution in [3.8, 4) is 0 Å². The van der Waals surface area contributed by atoms with E-state index in [-0.39, 0.29) is 11.1 Å². The maximum Gasteiger partial charge on any atom is 0.142 e. The zero-order valence-electron chi connectivity index (χ0n) is 11.0. The lowest BCUT2D eigenvalue weighted by Gasteiger charge is -2.20. The SMILES string of the molecule is CCNC(c1ccc(Cl)c(F)c1)c1cnccc1C. The van der Waals surface area contributed by atoms with Gasteiger partial charge in [-0.2, -0.15) is 0 Å². The Bertz CT molecular complexity index is 572. The molecule has 0 aliphatic heterocycles. The van der Waals surface area contributed by atoms with Crippen molar-refractivity contribution in [2.75, 3.05) is 6.54 Å². The van der Waals surface area contributed by atoms with Crippen molar-refractivity contribution >= 4 is 11.6 Å². The fourth-order valence-corrected chi connectivity index (χ4v) is 2.20. The Morgan fingerprint density at radius 2 is 2.16 bits per heavy atom. The first-order valence-electron chi connectivity index (χ1n) is 6.22. The summed E-state index contributed by atoms with van der Waals surface area (Å²) in [5, 5.41) is 3.49. The highest BCUT2D eigenvalue weighted by Gasteiger charge is 2.16. The van der Waals surface area contributed by atoms with Crippen LogP contribution in [-0.4, -0.2) is 11.5 Å². The molecule has 0 spiro atoms. The van der Waals surface area contributed by atoms with Crippen LogP contribution < -0.4 is 5.32 Å². The first-order chi connectivity index (χ1) is 9.13. The Labute approximate surface area is 117 Å². The van der Waals surface area contributed by atoms with Crippen LogP contribution in [-0.2, 0) is 0 Å². The number of aromatic nitrogens is 1. The van der Waals surface area contributed by atoms with E-state index in [1.807, 2.05) is 32.2 Å². The molecule has 1 N–H and O–H groups in total. The number of hydrogen-bond acceptors (Lipinski definition) is 2. The molecule has 0 aliphatic rings. The standard InChI is InChI=1S/C15H16ClFN2/c1-3-19-15(12-9-18-7-6-10(12)2)11-4-5-13(16)14(17)8-11/h4-9,15,19H,3H2,1-2H3. The summed E-state index contributed by atoms with van der Waals surface area (Å²) in [4.78, 5) is 4.15. The average Bonchev–Trinajstić information content (AvgIpc) is 2.40. The second-order valence-electron chi connectivity index (χ2n) is 4.40. The number of rotatable bonds is 4. The molecule has 1 atom stereocenters. The second kappa shape index (κ2) is 6.13. The molecule has 2 rings (SSSR count). The van der Waals surface area contributed by atoms with Gasteiger partial charge in [-0.25, -0.2) is 4.39 Å². The first-order valence-corrected chi connectivity index (χ1v) is 6.60. The van der Waals surface area contributed by atoms with Crippen molar-refractivity contribution in [3.63, 3.8) is 0 Å². The second-order valence-corrected chi connectivity index (χ2v) is 4.80. The number of aryl methyl sites for hydroxylation is 1. The van der Waals surface area contributed by atoms with E-state index in [1.165, 1.54) is 6.07 Å². The third kappa shape index (κ3) is 3.11. The minimum atomic E-state index is -0.399. The van der Waals surface area contributed by atoms with Crippen LogP contribution in [0.4, 0.5) is 4.39 Å². The smallest absolute Gasteiger partial charge is 0.142 e. The zero-order chi connectivity index (χ0) is 13.8. The molecule has 4 heteroatoms. The summed E-state index contributed by atoms with van der Waals surface area (Å²) in [7, 11) is 0. The lowest BCUT2D eigenvalue weighted by Crippen LogP contribution is -2.23. The van der Waals surface area contributed by atoms with Gasteiger partial charge in [0.15, 0.2) is 0 Å². The number of benzene rings is 1. The van der Waals surface area contributed by atoms with E-state index in [1.54, 1.807) is 12.3 Å². The molecule has 2 aromatic rings. The number of halogens is 2. The van der Waals surface area contributed by atoms with Crippen LogP contribution in [0.15, 0.2) is 36.7 Å². The van der Waals surface area contributed by atoms with E-state index < -0.39 is 5.82 Å². The lowest BCUT2D eigenvalue weighted by molar-refractivity contribution is 0.601. The quantitative estimate of drug-likeness (QED) is 0.918. The zero-order valence-corrected chi connectivity index (χ0v) is 11.7.